The molecule has 1 rings (SSSR count). The van der Waals surface area contributed by atoms with Crippen molar-refractivity contribution in [3.8, 4) is 5.75 Å². The predicted octanol–water partition coefficient (Wildman–Crippen LogP) is 2.70. The van der Waals surface area contributed by atoms with Crippen LogP contribution in [0.4, 0.5) is 5.69 Å². The number of nitrogens with one attached hydrogen (secondary N) is 1. The van der Waals surface area contributed by atoms with Crippen LogP contribution in [0.5, 0.6) is 5.75 Å². The highest BCUT2D eigenvalue weighted by Gasteiger charge is 2.15. The maximum Gasteiger partial charge on any atom is 0.311 e. The second-order valence-electron chi connectivity index (χ2n) is 4.20. The molecule has 0 radical (unpaired) electrons. The summed E-state index contributed by atoms with van der Waals surface area (Å²) in [7, 11) is 0. The van der Waals surface area contributed by atoms with E-state index in [1.54, 1.807) is 12.1 Å². The lowest BCUT2D eigenvalue weighted by Crippen LogP contribution is -2.20. The van der Waals surface area contributed by atoms with Crippen molar-refractivity contribution >= 4 is 17.7 Å². The van der Waals surface area contributed by atoms with Gasteiger partial charge in [0.1, 0.15) is 0 Å². The maximum absolute atomic E-state index is 11.4. The Morgan fingerprint density at radius 3 is 2.90 bits per heavy atom. The second kappa shape index (κ2) is 8.52. The minimum atomic E-state index is -0.500. The maximum atomic E-state index is 11.4. The highest BCUT2D eigenvalue weighted by molar-refractivity contribution is 5.91. The third-order valence-corrected chi connectivity index (χ3v) is 2.49. The topological polar surface area (TPSA) is 81.5 Å². The van der Waals surface area contributed by atoms with Gasteiger partial charge in [-0.25, -0.2) is 0 Å². The van der Waals surface area contributed by atoms with Crippen molar-refractivity contribution in [1.82, 2.24) is 5.32 Å². The van der Waals surface area contributed by atoms with Gasteiger partial charge in [-0.3, -0.25) is 14.9 Å². The smallest absolute Gasteiger partial charge is 0.311 e. The number of carbonyl (C=O) groups is 1. The van der Waals surface area contributed by atoms with E-state index in [1.165, 1.54) is 24.3 Å². The van der Waals surface area contributed by atoms with Gasteiger partial charge in [0.2, 0.25) is 5.91 Å². The van der Waals surface area contributed by atoms with E-state index in [9.17, 15) is 14.9 Å². The number of nitro groups is 1. The molecule has 0 unspecified atom stereocenters. The Hall–Kier alpha value is -2.63. The van der Waals surface area contributed by atoms with Gasteiger partial charge < -0.3 is 10.1 Å². The van der Waals surface area contributed by atoms with Crippen molar-refractivity contribution in [3.05, 3.63) is 52.6 Å². The first-order chi connectivity index (χ1) is 10.1. The summed E-state index contributed by atoms with van der Waals surface area (Å²) < 4.78 is 5.33. The molecule has 0 fully saturated rings. The molecule has 21 heavy (non-hydrogen) atoms. The number of hydrogen-bond acceptors (Lipinski definition) is 4. The molecule has 0 spiro atoms. The van der Waals surface area contributed by atoms with Crippen LogP contribution in [0.25, 0.3) is 6.08 Å². The molecule has 0 aliphatic heterocycles. The van der Waals surface area contributed by atoms with Crippen LogP contribution in [0.2, 0.25) is 0 Å². The van der Waals surface area contributed by atoms with Crippen LogP contribution >= 0.6 is 0 Å². The van der Waals surface area contributed by atoms with Gasteiger partial charge in [-0.2, -0.15) is 0 Å². The fraction of sp³-hybridized carbons (Fsp3) is 0.267. The molecule has 0 atom stereocenters. The highest BCUT2D eigenvalue weighted by atomic mass is 16.6. The van der Waals surface area contributed by atoms with Crippen LogP contribution in [0.15, 0.2) is 36.9 Å². The summed E-state index contributed by atoms with van der Waals surface area (Å²) in [6, 6.07) is 4.58. The lowest BCUT2D eigenvalue weighted by Gasteiger charge is -2.05. The summed E-state index contributed by atoms with van der Waals surface area (Å²) in [4.78, 5) is 21.9. The summed E-state index contributed by atoms with van der Waals surface area (Å²) in [5.74, 6) is -0.0565. The standard InChI is InChI=1S/C15H18N2O4/c1-3-9-16-15(18)8-6-12-5-7-14(21-10-4-2)13(11-12)17(19)20/h3,5-8,11H,1,4,9-10H2,2H3,(H,16,18)/b8-6+. The van der Waals surface area contributed by atoms with Crippen LogP contribution < -0.4 is 10.1 Å². The summed E-state index contributed by atoms with van der Waals surface area (Å²) in [6.07, 6.45) is 5.16. The number of rotatable bonds is 8. The normalized spacial score (nSPS) is 10.3. The monoisotopic (exact) mass is 290 g/mol. The number of nitrogens with zero attached hydrogens (tertiary/aromatic N) is 1. The van der Waals surface area contributed by atoms with E-state index in [0.29, 0.717) is 18.7 Å². The summed E-state index contributed by atoms with van der Waals surface area (Å²) >= 11 is 0. The van der Waals surface area contributed by atoms with Crippen molar-refractivity contribution in [3.63, 3.8) is 0 Å². The molecule has 1 aromatic carbocycles. The molecule has 0 aliphatic rings. The van der Waals surface area contributed by atoms with Gasteiger partial charge in [0.15, 0.2) is 5.75 Å². The zero-order chi connectivity index (χ0) is 15.7. The Kier molecular flexibility index (Phi) is 6.67. The van der Waals surface area contributed by atoms with E-state index >= 15 is 0 Å². The highest BCUT2D eigenvalue weighted by Crippen LogP contribution is 2.28. The summed E-state index contributed by atoms with van der Waals surface area (Å²) in [5.41, 5.74) is 0.441. The molecule has 6 nitrogen and oxygen atoms in total. The van der Waals surface area contributed by atoms with Crippen molar-refractivity contribution in [2.24, 2.45) is 0 Å². The van der Waals surface area contributed by atoms with E-state index in [2.05, 4.69) is 11.9 Å². The molecule has 1 N–H and O–H groups in total. The first-order valence-electron chi connectivity index (χ1n) is 6.56. The van der Waals surface area contributed by atoms with Crippen LogP contribution in [-0.2, 0) is 4.79 Å². The number of nitro benzene ring substituents is 1. The van der Waals surface area contributed by atoms with Gasteiger partial charge in [0.05, 0.1) is 11.5 Å². The zero-order valence-corrected chi connectivity index (χ0v) is 11.9. The Morgan fingerprint density at radius 2 is 2.29 bits per heavy atom. The second-order valence-corrected chi connectivity index (χ2v) is 4.20. The molecule has 0 aromatic heterocycles. The average molecular weight is 290 g/mol. The number of amides is 1. The van der Waals surface area contributed by atoms with E-state index in [1.807, 2.05) is 6.92 Å². The number of carbonyl (C=O) groups excluding carboxylic acids is 1. The molecule has 0 heterocycles. The predicted molar refractivity (Wildman–Crippen MR) is 81.1 cm³/mol. The zero-order valence-electron chi connectivity index (χ0n) is 11.9. The van der Waals surface area contributed by atoms with Gasteiger partial charge in [0, 0.05) is 18.7 Å². The number of ether oxygens (including phenoxy) is 1. The fourth-order valence-corrected chi connectivity index (χ4v) is 1.52. The van der Waals surface area contributed by atoms with Crippen molar-refractivity contribution < 1.29 is 14.5 Å². The van der Waals surface area contributed by atoms with Crippen LogP contribution in [0, 0.1) is 10.1 Å². The van der Waals surface area contributed by atoms with E-state index in [4.69, 9.17) is 4.74 Å². The van der Waals surface area contributed by atoms with E-state index < -0.39 is 4.92 Å². The molecule has 0 bridgehead atoms. The van der Waals surface area contributed by atoms with Crippen LogP contribution in [0.1, 0.15) is 18.9 Å². The minimum Gasteiger partial charge on any atom is -0.487 e. The molecule has 6 heteroatoms. The Balaban J connectivity index is 2.87. The summed E-state index contributed by atoms with van der Waals surface area (Å²) in [5, 5.41) is 13.6. The molecular formula is C15H18N2O4. The molecule has 1 amide bonds. The van der Waals surface area contributed by atoms with Gasteiger partial charge in [0.25, 0.3) is 0 Å². The Bertz CT molecular complexity index is 553. The van der Waals surface area contributed by atoms with Crippen molar-refractivity contribution in [2.75, 3.05) is 13.2 Å². The fourth-order valence-electron chi connectivity index (χ4n) is 1.52. The quantitative estimate of drug-likeness (QED) is 0.345. The summed E-state index contributed by atoms with van der Waals surface area (Å²) in [6.45, 7) is 6.19. The third-order valence-electron chi connectivity index (χ3n) is 2.49. The Labute approximate surface area is 123 Å². The Morgan fingerprint density at radius 1 is 1.52 bits per heavy atom. The van der Waals surface area contributed by atoms with Crippen LogP contribution in [-0.4, -0.2) is 24.0 Å². The number of hydrogen-bond donors (Lipinski definition) is 1. The molecule has 0 saturated heterocycles. The first-order valence-corrected chi connectivity index (χ1v) is 6.56. The van der Waals surface area contributed by atoms with E-state index in [0.717, 1.165) is 6.42 Å². The minimum absolute atomic E-state index is 0.114. The van der Waals surface area contributed by atoms with Gasteiger partial charge in [-0.1, -0.05) is 19.1 Å². The van der Waals surface area contributed by atoms with Crippen molar-refractivity contribution in [1.29, 1.82) is 0 Å². The molecule has 0 aliphatic carbocycles. The van der Waals surface area contributed by atoms with Crippen molar-refractivity contribution in [2.45, 2.75) is 13.3 Å². The third kappa shape index (κ3) is 5.48. The molecular weight excluding hydrogens is 272 g/mol. The van der Waals surface area contributed by atoms with Gasteiger partial charge >= 0.3 is 5.69 Å². The lowest BCUT2D eigenvalue weighted by atomic mass is 10.1. The molecule has 0 saturated carbocycles. The lowest BCUT2D eigenvalue weighted by molar-refractivity contribution is -0.385. The van der Waals surface area contributed by atoms with Gasteiger partial charge in [-0.05, 0) is 24.1 Å². The van der Waals surface area contributed by atoms with E-state index in [-0.39, 0.29) is 17.3 Å². The first kappa shape index (κ1) is 16.4. The largest absolute Gasteiger partial charge is 0.487 e. The number of benzene rings is 1. The van der Waals surface area contributed by atoms with Gasteiger partial charge in [-0.15, -0.1) is 6.58 Å². The SMILES string of the molecule is C=CCNC(=O)/C=C/c1ccc(OCCC)c([N+](=O)[O-])c1. The average Bonchev–Trinajstić information content (AvgIpc) is 2.48. The van der Waals surface area contributed by atoms with Crippen LogP contribution in [0.3, 0.4) is 0 Å². The molecule has 112 valence electrons. The molecule has 1 aromatic rings.